The van der Waals surface area contributed by atoms with Gasteiger partial charge in [-0.1, -0.05) is 18.2 Å². The van der Waals surface area contributed by atoms with Crippen LogP contribution in [0, 0.1) is 0 Å². The van der Waals surface area contributed by atoms with E-state index >= 15 is 0 Å². The molecule has 5 nitrogen and oxygen atoms in total. The van der Waals surface area contributed by atoms with Gasteiger partial charge in [0.2, 0.25) is 0 Å². The molecule has 138 valence electrons. The second-order valence-electron chi connectivity index (χ2n) is 6.94. The number of benzene rings is 2. The minimum Gasteiger partial charge on any atom is -0.490 e. The van der Waals surface area contributed by atoms with Crippen molar-refractivity contribution in [2.75, 3.05) is 10.8 Å². The Morgan fingerprint density at radius 1 is 0.962 bits per heavy atom. The van der Waals surface area contributed by atoms with Crippen molar-refractivity contribution < 1.29 is 18.3 Å². The fourth-order valence-electron chi connectivity index (χ4n) is 3.78. The number of hydrogen-bond donors (Lipinski definition) is 1. The molecule has 4 rings (SSSR count). The first kappa shape index (κ1) is 17.4. The Hall–Kier alpha value is -2.05. The lowest BCUT2D eigenvalue weighted by atomic mass is 10.0. The van der Waals surface area contributed by atoms with E-state index in [2.05, 4.69) is 0 Å². The summed E-state index contributed by atoms with van der Waals surface area (Å²) in [6.07, 6.45) is 4.51. The first-order chi connectivity index (χ1) is 12.6. The Morgan fingerprint density at radius 2 is 1.65 bits per heavy atom. The van der Waals surface area contributed by atoms with E-state index in [1.165, 1.54) is 17.1 Å². The number of fused-ring (bicyclic) bond motifs is 1. The van der Waals surface area contributed by atoms with Gasteiger partial charge < -0.3 is 9.84 Å². The number of aliphatic hydroxyl groups is 1. The molecule has 2 aliphatic rings. The first-order valence-electron chi connectivity index (χ1n) is 9.12. The summed E-state index contributed by atoms with van der Waals surface area (Å²) in [6, 6.07) is 13.8. The average Bonchev–Trinajstić information content (AvgIpc) is 3.15. The zero-order valence-electron chi connectivity index (χ0n) is 14.5. The minimum atomic E-state index is -3.68. The molecule has 1 atom stereocenters. The molecule has 1 fully saturated rings. The van der Waals surface area contributed by atoms with Crippen LogP contribution in [0.2, 0.25) is 0 Å². The van der Waals surface area contributed by atoms with Crippen LogP contribution in [0.3, 0.4) is 0 Å². The molecule has 1 unspecified atom stereocenters. The topological polar surface area (TPSA) is 66.8 Å². The third-order valence-corrected chi connectivity index (χ3v) is 7.01. The molecule has 0 amide bonds. The molecule has 0 spiro atoms. The highest BCUT2D eigenvalue weighted by molar-refractivity contribution is 7.92. The van der Waals surface area contributed by atoms with Crippen LogP contribution in [0.5, 0.6) is 5.75 Å². The van der Waals surface area contributed by atoms with Gasteiger partial charge in [-0.25, -0.2) is 8.42 Å². The molecule has 1 aliphatic carbocycles. The molecule has 26 heavy (non-hydrogen) atoms. The second kappa shape index (κ2) is 6.93. The van der Waals surface area contributed by atoms with Gasteiger partial charge in [-0.15, -0.1) is 0 Å². The van der Waals surface area contributed by atoms with E-state index in [9.17, 15) is 13.5 Å². The lowest BCUT2D eigenvalue weighted by molar-refractivity contribution is 0.166. The van der Waals surface area contributed by atoms with Crippen LogP contribution in [0.1, 0.15) is 43.8 Å². The van der Waals surface area contributed by atoms with E-state index in [1.54, 1.807) is 42.5 Å². The third-order valence-electron chi connectivity index (χ3n) is 5.19. The third kappa shape index (κ3) is 3.19. The smallest absolute Gasteiger partial charge is 0.264 e. The summed E-state index contributed by atoms with van der Waals surface area (Å²) in [7, 11) is -3.68. The van der Waals surface area contributed by atoms with E-state index in [1.807, 2.05) is 6.07 Å². The predicted octanol–water partition coefficient (Wildman–Crippen LogP) is 3.64. The van der Waals surface area contributed by atoms with E-state index < -0.39 is 16.1 Å². The van der Waals surface area contributed by atoms with Crippen LogP contribution in [0.25, 0.3) is 0 Å². The summed E-state index contributed by atoms with van der Waals surface area (Å²) in [5.41, 5.74) is 1.21. The highest BCUT2D eigenvalue weighted by Gasteiger charge is 2.32. The van der Waals surface area contributed by atoms with Crippen molar-refractivity contribution in [2.45, 2.75) is 49.2 Å². The maximum absolute atomic E-state index is 13.1. The summed E-state index contributed by atoms with van der Waals surface area (Å²) in [5, 5.41) is 10.1. The number of hydrogen-bond acceptors (Lipinski definition) is 4. The summed E-state index contributed by atoms with van der Waals surface area (Å²) in [4.78, 5) is 0.238. The molecule has 0 aromatic heterocycles. The summed E-state index contributed by atoms with van der Waals surface area (Å²) >= 11 is 0. The first-order valence-corrected chi connectivity index (χ1v) is 10.6. The molecule has 1 saturated carbocycles. The van der Waals surface area contributed by atoms with E-state index in [-0.39, 0.29) is 17.5 Å². The van der Waals surface area contributed by atoms with Crippen molar-refractivity contribution >= 4 is 15.7 Å². The van der Waals surface area contributed by atoms with E-state index in [0.29, 0.717) is 23.4 Å². The maximum Gasteiger partial charge on any atom is 0.264 e. The minimum absolute atomic E-state index is 0.238. The number of nitrogens with zero attached hydrogens (tertiary/aromatic N) is 1. The van der Waals surface area contributed by atoms with Crippen molar-refractivity contribution in [3.05, 3.63) is 54.1 Å². The Labute approximate surface area is 154 Å². The lowest BCUT2D eigenvalue weighted by Gasteiger charge is -2.32. The van der Waals surface area contributed by atoms with Crippen molar-refractivity contribution in [3.63, 3.8) is 0 Å². The Kier molecular flexibility index (Phi) is 4.63. The van der Waals surface area contributed by atoms with E-state index in [0.717, 1.165) is 12.8 Å². The molecule has 2 aromatic carbocycles. The Morgan fingerprint density at radius 3 is 2.38 bits per heavy atom. The molecule has 0 saturated heterocycles. The number of para-hydroxylation sites is 1. The Balaban J connectivity index is 1.59. The molecule has 1 aliphatic heterocycles. The van der Waals surface area contributed by atoms with Crippen molar-refractivity contribution in [1.82, 2.24) is 0 Å². The predicted molar refractivity (Wildman–Crippen MR) is 99.9 cm³/mol. The zero-order valence-corrected chi connectivity index (χ0v) is 15.4. The lowest BCUT2D eigenvalue weighted by Crippen LogP contribution is -2.36. The molecular formula is C20H23NO4S. The normalized spacial score (nSPS) is 20.8. The number of rotatable bonds is 4. The van der Waals surface area contributed by atoms with Crippen LogP contribution < -0.4 is 9.04 Å². The quantitative estimate of drug-likeness (QED) is 0.888. The highest BCUT2D eigenvalue weighted by atomic mass is 32.2. The summed E-state index contributed by atoms with van der Waals surface area (Å²) in [5.74, 6) is 0.713. The van der Waals surface area contributed by atoms with Crippen LogP contribution in [-0.2, 0) is 10.0 Å². The summed E-state index contributed by atoms with van der Waals surface area (Å²) in [6.45, 7) is 0.265. The van der Waals surface area contributed by atoms with Gasteiger partial charge in [0.15, 0.2) is 0 Å². The highest BCUT2D eigenvalue weighted by Crippen LogP contribution is 2.37. The zero-order chi connectivity index (χ0) is 18.1. The molecule has 2 aromatic rings. The molecular weight excluding hydrogens is 350 g/mol. The van der Waals surface area contributed by atoms with Crippen molar-refractivity contribution in [3.8, 4) is 5.75 Å². The van der Waals surface area contributed by atoms with Gasteiger partial charge in [0.1, 0.15) is 5.75 Å². The van der Waals surface area contributed by atoms with Crippen LogP contribution in [-0.4, -0.2) is 26.2 Å². The molecule has 6 heteroatoms. The van der Waals surface area contributed by atoms with E-state index in [4.69, 9.17) is 4.74 Å². The molecule has 0 radical (unpaired) electrons. The van der Waals surface area contributed by atoms with Gasteiger partial charge in [0.05, 0.1) is 22.8 Å². The SMILES string of the molecule is O=S(=O)(c1ccc(OC2CCCC2)cc1)N1CCC(O)c2ccccc21. The van der Waals surface area contributed by atoms with Crippen LogP contribution >= 0.6 is 0 Å². The molecule has 0 bridgehead atoms. The fraction of sp³-hybridized carbons (Fsp3) is 0.400. The van der Waals surface area contributed by atoms with Crippen molar-refractivity contribution in [1.29, 1.82) is 0 Å². The molecule has 1 N–H and O–H groups in total. The standard InChI is InChI=1S/C20H23NO4S/c22-20-13-14-21(19-8-4-3-7-18(19)20)26(23,24)17-11-9-16(10-12-17)25-15-5-1-2-6-15/h3-4,7-12,15,20,22H,1-2,5-6,13-14H2. The number of aliphatic hydroxyl groups excluding tert-OH is 1. The van der Waals surface area contributed by atoms with Crippen LogP contribution in [0.15, 0.2) is 53.4 Å². The fourth-order valence-corrected chi connectivity index (χ4v) is 5.28. The van der Waals surface area contributed by atoms with Gasteiger partial charge in [-0.3, -0.25) is 4.31 Å². The Bertz CT molecular complexity index is 873. The van der Waals surface area contributed by atoms with Crippen LogP contribution in [0.4, 0.5) is 5.69 Å². The van der Waals surface area contributed by atoms with Gasteiger partial charge in [0, 0.05) is 12.1 Å². The average molecular weight is 373 g/mol. The molecule has 1 heterocycles. The monoisotopic (exact) mass is 373 g/mol. The van der Waals surface area contributed by atoms with Gasteiger partial charge in [-0.05, 0) is 62.4 Å². The number of ether oxygens (including phenoxy) is 1. The van der Waals surface area contributed by atoms with Gasteiger partial charge in [-0.2, -0.15) is 0 Å². The maximum atomic E-state index is 13.1. The number of anilines is 1. The largest absolute Gasteiger partial charge is 0.490 e. The summed E-state index contributed by atoms with van der Waals surface area (Å²) < 4.78 is 33.5. The van der Waals surface area contributed by atoms with Gasteiger partial charge in [0.25, 0.3) is 10.0 Å². The van der Waals surface area contributed by atoms with Gasteiger partial charge >= 0.3 is 0 Å². The number of sulfonamides is 1. The van der Waals surface area contributed by atoms with Crippen molar-refractivity contribution in [2.24, 2.45) is 0 Å². The second-order valence-corrected chi connectivity index (χ2v) is 8.80.